The third-order valence-corrected chi connectivity index (χ3v) is 4.68. The Balaban J connectivity index is 4.76. The molecule has 1 atom stereocenters. The quantitative estimate of drug-likeness (QED) is 0.290. The molecular weight excluding hydrogens is 244 g/mol. The maximum absolute atomic E-state index is 12.0. The first-order valence-corrected chi connectivity index (χ1v) is 6.89. The van der Waals surface area contributed by atoms with Crippen LogP contribution in [0.1, 0.15) is 20.8 Å². The van der Waals surface area contributed by atoms with Gasteiger partial charge in [0, 0.05) is 32.6 Å². The maximum atomic E-state index is 12.0. The number of hydrogen-bond donors (Lipinski definition) is 2. The topological polar surface area (TPSA) is 99.2 Å². The molecule has 0 spiro atoms. The molecule has 8 heteroatoms. The Morgan fingerprint density at radius 3 is 2.24 bits per heavy atom. The molecule has 102 valence electrons. The molecule has 7 nitrogen and oxygen atoms in total. The van der Waals surface area contributed by atoms with Crippen LogP contribution in [0.2, 0.25) is 0 Å². The van der Waals surface area contributed by atoms with Crippen molar-refractivity contribution < 1.29 is 13.6 Å². The van der Waals surface area contributed by atoms with Gasteiger partial charge in [0.1, 0.15) is 5.84 Å². The van der Waals surface area contributed by atoms with Crippen LogP contribution in [0, 0.1) is 5.92 Å². The Kier molecular flexibility index (Phi) is 6.43. The van der Waals surface area contributed by atoms with E-state index in [0.29, 0.717) is 13.1 Å². The number of oxime groups is 1. The van der Waals surface area contributed by atoms with Crippen molar-refractivity contribution in [2.24, 2.45) is 16.8 Å². The van der Waals surface area contributed by atoms with E-state index in [-0.39, 0.29) is 18.3 Å². The molecule has 0 aliphatic carbocycles. The fourth-order valence-electron chi connectivity index (χ4n) is 1.42. The van der Waals surface area contributed by atoms with Crippen LogP contribution in [0.15, 0.2) is 5.16 Å². The fourth-order valence-corrected chi connectivity index (χ4v) is 2.88. The van der Waals surface area contributed by atoms with Crippen molar-refractivity contribution in [3.8, 4) is 0 Å². The molecule has 0 aromatic carbocycles. The van der Waals surface area contributed by atoms with E-state index in [0.717, 1.165) is 0 Å². The van der Waals surface area contributed by atoms with E-state index in [4.69, 9.17) is 10.9 Å². The largest absolute Gasteiger partial charge is 0.409 e. The van der Waals surface area contributed by atoms with E-state index in [1.165, 1.54) is 15.7 Å². The summed E-state index contributed by atoms with van der Waals surface area (Å²) in [5.74, 6) is -0.318. The second-order valence-corrected chi connectivity index (χ2v) is 5.83. The minimum absolute atomic E-state index is 0.0200. The first-order valence-electron chi connectivity index (χ1n) is 5.50. The van der Waals surface area contributed by atoms with E-state index in [9.17, 15) is 8.42 Å². The smallest absolute Gasteiger partial charge is 0.281 e. The SMILES string of the molecule is CCN(CC)S(=O)(=O)N(C)CC(C)C(N)=NO. The Bertz CT molecular complexity index is 351. The zero-order valence-corrected chi connectivity index (χ0v) is 11.6. The molecule has 1 unspecified atom stereocenters. The van der Waals surface area contributed by atoms with Crippen molar-refractivity contribution >= 4 is 16.0 Å². The van der Waals surface area contributed by atoms with Crippen molar-refractivity contribution in [2.75, 3.05) is 26.7 Å². The number of nitrogens with zero attached hydrogens (tertiary/aromatic N) is 3. The van der Waals surface area contributed by atoms with Gasteiger partial charge in [-0.05, 0) is 0 Å². The molecule has 0 amide bonds. The van der Waals surface area contributed by atoms with Crippen LogP contribution in [0.3, 0.4) is 0 Å². The van der Waals surface area contributed by atoms with Crippen LogP contribution in [0.25, 0.3) is 0 Å². The summed E-state index contributed by atoms with van der Waals surface area (Å²) >= 11 is 0. The van der Waals surface area contributed by atoms with Gasteiger partial charge in [-0.15, -0.1) is 0 Å². The van der Waals surface area contributed by atoms with Crippen molar-refractivity contribution in [1.29, 1.82) is 0 Å². The van der Waals surface area contributed by atoms with Gasteiger partial charge < -0.3 is 10.9 Å². The van der Waals surface area contributed by atoms with Crippen molar-refractivity contribution in [3.05, 3.63) is 0 Å². The molecule has 0 aliphatic heterocycles. The molecule has 0 radical (unpaired) electrons. The first-order chi connectivity index (χ1) is 7.81. The predicted molar refractivity (Wildman–Crippen MR) is 67.0 cm³/mol. The molecule has 0 fully saturated rings. The van der Waals surface area contributed by atoms with Crippen LogP contribution in [-0.4, -0.2) is 54.8 Å². The molecule has 17 heavy (non-hydrogen) atoms. The van der Waals surface area contributed by atoms with Crippen LogP contribution >= 0.6 is 0 Å². The van der Waals surface area contributed by atoms with Gasteiger partial charge in [0.15, 0.2) is 0 Å². The number of hydrogen-bond acceptors (Lipinski definition) is 4. The molecule has 0 aromatic rings. The molecule has 0 saturated heterocycles. The Hall–Kier alpha value is -0.860. The molecule has 3 N–H and O–H groups in total. The minimum atomic E-state index is -3.46. The summed E-state index contributed by atoms with van der Waals surface area (Å²) in [5, 5.41) is 11.4. The first kappa shape index (κ1) is 16.1. The van der Waals surface area contributed by atoms with Gasteiger partial charge in [0.2, 0.25) is 0 Å². The third-order valence-electron chi connectivity index (χ3n) is 2.58. The van der Waals surface area contributed by atoms with Gasteiger partial charge in [-0.25, -0.2) is 0 Å². The number of nitrogens with two attached hydrogens (primary N) is 1. The Labute approximate surface area is 103 Å². The fraction of sp³-hybridized carbons (Fsp3) is 0.889. The molecule has 0 aromatic heterocycles. The van der Waals surface area contributed by atoms with E-state index < -0.39 is 10.2 Å². The predicted octanol–water partition coefficient (Wildman–Crippen LogP) is -0.113. The highest BCUT2D eigenvalue weighted by atomic mass is 32.2. The van der Waals surface area contributed by atoms with Gasteiger partial charge in [-0.2, -0.15) is 17.0 Å². The molecular formula is C9H22N4O3S. The summed E-state index contributed by atoms with van der Waals surface area (Å²) in [6.07, 6.45) is 0. The van der Waals surface area contributed by atoms with Crippen LogP contribution in [0.4, 0.5) is 0 Å². The lowest BCUT2D eigenvalue weighted by molar-refractivity contribution is 0.311. The average Bonchev–Trinajstić information content (AvgIpc) is 2.28. The normalized spacial score (nSPS) is 15.5. The maximum Gasteiger partial charge on any atom is 0.281 e. The van der Waals surface area contributed by atoms with Gasteiger partial charge in [-0.3, -0.25) is 0 Å². The van der Waals surface area contributed by atoms with Crippen molar-refractivity contribution in [3.63, 3.8) is 0 Å². The minimum Gasteiger partial charge on any atom is -0.409 e. The summed E-state index contributed by atoms with van der Waals surface area (Å²) < 4.78 is 26.7. The van der Waals surface area contributed by atoms with E-state index >= 15 is 0 Å². The number of rotatable bonds is 7. The lowest BCUT2D eigenvalue weighted by Gasteiger charge is -2.27. The van der Waals surface area contributed by atoms with Gasteiger partial charge in [0.05, 0.1) is 0 Å². The van der Waals surface area contributed by atoms with E-state index in [2.05, 4.69) is 5.16 Å². The average molecular weight is 266 g/mol. The molecule has 0 bridgehead atoms. The molecule has 0 heterocycles. The van der Waals surface area contributed by atoms with Gasteiger partial charge >= 0.3 is 0 Å². The van der Waals surface area contributed by atoms with Gasteiger partial charge in [0.25, 0.3) is 10.2 Å². The van der Waals surface area contributed by atoms with Crippen molar-refractivity contribution in [1.82, 2.24) is 8.61 Å². The highest BCUT2D eigenvalue weighted by molar-refractivity contribution is 7.86. The van der Waals surface area contributed by atoms with Crippen LogP contribution in [-0.2, 0) is 10.2 Å². The monoisotopic (exact) mass is 266 g/mol. The highest BCUT2D eigenvalue weighted by Crippen LogP contribution is 2.08. The number of amidine groups is 1. The lowest BCUT2D eigenvalue weighted by atomic mass is 10.2. The molecule has 0 saturated carbocycles. The molecule has 0 aliphatic rings. The Morgan fingerprint density at radius 1 is 1.41 bits per heavy atom. The van der Waals surface area contributed by atoms with Crippen molar-refractivity contribution in [2.45, 2.75) is 20.8 Å². The van der Waals surface area contributed by atoms with Crippen LogP contribution in [0.5, 0.6) is 0 Å². The second kappa shape index (κ2) is 6.77. The second-order valence-electron chi connectivity index (χ2n) is 3.80. The summed E-state index contributed by atoms with van der Waals surface area (Å²) in [4.78, 5) is 0. The summed E-state index contributed by atoms with van der Waals surface area (Å²) in [7, 11) is -1.98. The standard InChI is InChI=1S/C9H22N4O3S/c1-5-13(6-2)17(15,16)12(4)7-8(3)9(10)11-14/h8,14H,5-7H2,1-4H3,(H2,10,11). The summed E-state index contributed by atoms with van der Waals surface area (Å²) in [5.41, 5.74) is 5.41. The summed E-state index contributed by atoms with van der Waals surface area (Å²) in [6.45, 7) is 6.27. The van der Waals surface area contributed by atoms with E-state index in [1.807, 2.05) is 0 Å². The third kappa shape index (κ3) is 4.14. The molecule has 0 rings (SSSR count). The zero-order chi connectivity index (χ0) is 13.6. The Morgan fingerprint density at radius 2 is 1.88 bits per heavy atom. The van der Waals surface area contributed by atoms with E-state index in [1.54, 1.807) is 20.8 Å². The van der Waals surface area contributed by atoms with Gasteiger partial charge in [-0.1, -0.05) is 25.9 Å². The highest BCUT2D eigenvalue weighted by Gasteiger charge is 2.26. The summed E-state index contributed by atoms with van der Waals surface area (Å²) in [6, 6.07) is 0. The zero-order valence-electron chi connectivity index (χ0n) is 10.8. The lowest BCUT2D eigenvalue weighted by Crippen LogP contribution is -2.44. The van der Waals surface area contributed by atoms with Crippen LogP contribution < -0.4 is 5.73 Å².